The molecule has 25 heavy (non-hydrogen) atoms. The summed E-state index contributed by atoms with van der Waals surface area (Å²) >= 11 is 0. The first-order valence-electron chi connectivity index (χ1n) is 7.99. The Balaban J connectivity index is 2.10. The summed E-state index contributed by atoms with van der Waals surface area (Å²) in [7, 11) is 0. The number of hydrogen-bond acceptors (Lipinski definition) is 6. The maximum atomic E-state index is 12.3. The van der Waals surface area contributed by atoms with Gasteiger partial charge in [0.05, 0.1) is 18.1 Å². The average molecular weight is 346 g/mol. The Hall–Kier alpha value is -3.03. The van der Waals surface area contributed by atoms with Crippen molar-refractivity contribution in [2.75, 3.05) is 13.2 Å². The van der Waals surface area contributed by atoms with Crippen LogP contribution in [0.2, 0.25) is 0 Å². The Labute approximate surface area is 143 Å². The van der Waals surface area contributed by atoms with E-state index in [4.69, 9.17) is 14.3 Å². The molecule has 0 amide bonds. The highest BCUT2D eigenvalue weighted by atomic mass is 16.9. The van der Waals surface area contributed by atoms with Crippen molar-refractivity contribution in [1.29, 1.82) is 0 Å². The summed E-state index contributed by atoms with van der Waals surface area (Å²) in [6.07, 6.45) is 0.402. The SMILES string of the molecule is CCOC(=O)C1=[N+]([O-])O[C@@H](C(=O)OCC)[C@H]1c1c[nH]c2ccccc12. The molecule has 0 radical (unpaired) electrons. The first-order chi connectivity index (χ1) is 12.1. The van der Waals surface area contributed by atoms with E-state index in [9.17, 15) is 14.8 Å². The molecule has 0 spiro atoms. The molecule has 0 fully saturated rings. The fraction of sp³-hybridized carbons (Fsp3) is 0.353. The van der Waals surface area contributed by atoms with E-state index in [1.807, 2.05) is 24.3 Å². The Morgan fingerprint density at radius 3 is 2.68 bits per heavy atom. The number of nitrogens with zero attached hydrogens (tertiary/aromatic N) is 1. The molecule has 0 saturated carbocycles. The molecular weight excluding hydrogens is 328 g/mol. The molecule has 8 nitrogen and oxygen atoms in total. The lowest BCUT2D eigenvalue weighted by Crippen LogP contribution is -2.34. The minimum absolute atomic E-state index is 0.0615. The van der Waals surface area contributed by atoms with Gasteiger partial charge in [0.2, 0.25) is 0 Å². The van der Waals surface area contributed by atoms with Gasteiger partial charge < -0.3 is 19.3 Å². The van der Waals surface area contributed by atoms with E-state index in [-0.39, 0.29) is 23.8 Å². The zero-order chi connectivity index (χ0) is 18.0. The maximum absolute atomic E-state index is 12.3. The first-order valence-corrected chi connectivity index (χ1v) is 7.99. The lowest BCUT2D eigenvalue weighted by atomic mass is 9.89. The molecule has 2 aromatic rings. The van der Waals surface area contributed by atoms with Gasteiger partial charge in [0.15, 0.2) is 6.10 Å². The van der Waals surface area contributed by atoms with Gasteiger partial charge in [-0.25, -0.2) is 4.79 Å². The van der Waals surface area contributed by atoms with Crippen molar-refractivity contribution in [3.8, 4) is 0 Å². The molecule has 0 aliphatic carbocycles. The van der Waals surface area contributed by atoms with Gasteiger partial charge in [-0.3, -0.25) is 10.0 Å². The van der Waals surface area contributed by atoms with Crippen LogP contribution in [0.15, 0.2) is 30.5 Å². The van der Waals surface area contributed by atoms with Crippen LogP contribution < -0.4 is 0 Å². The molecular formula is C17H18N2O6. The zero-order valence-corrected chi connectivity index (χ0v) is 13.9. The Bertz CT molecular complexity index is 841. The molecule has 0 unspecified atom stereocenters. The fourth-order valence-corrected chi connectivity index (χ4v) is 2.95. The number of nitrogens with one attached hydrogen (secondary N) is 1. The summed E-state index contributed by atoms with van der Waals surface area (Å²) in [5.41, 5.74) is 1.13. The van der Waals surface area contributed by atoms with Gasteiger partial charge in [-0.2, -0.15) is 0 Å². The molecule has 0 saturated heterocycles. The third kappa shape index (κ3) is 2.90. The van der Waals surface area contributed by atoms with Crippen LogP contribution >= 0.6 is 0 Å². The minimum Gasteiger partial charge on any atom is -0.465 e. The lowest BCUT2D eigenvalue weighted by Gasteiger charge is -2.16. The van der Waals surface area contributed by atoms with Crippen LogP contribution in [0.25, 0.3) is 10.9 Å². The largest absolute Gasteiger partial charge is 0.465 e. The number of ether oxygens (including phenoxy) is 2. The van der Waals surface area contributed by atoms with E-state index in [0.717, 1.165) is 10.9 Å². The van der Waals surface area contributed by atoms with Crippen molar-refractivity contribution < 1.29 is 28.8 Å². The molecule has 1 aliphatic rings. The first kappa shape index (κ1) is 16.8. The molecule has 132 valence electrons. The van der Waals surface area contributed by atoms with Gasteiger partial charge in [-0.05, 0) is 25.5 Å². The van der Waals surface area contributed by atoms with Crippen LogP contribution in [0.4, 0.5) is 0 Å². The van der Waals surface area contributed by atoms with Crippen molar-refractivity contribution >= 4 is 28.6 Å². The van der Waals surface area contributed by atoms with Gasteiger partial charge in [-0.15, -0.1) is 0 Å². The normalized spacial score (nSPS) is 19.8. The number of para-hydroxylation sites is 1. The van der Waals surface area contributed by atoms with Crippen molar-refractivity contribution in [3.05, 3.63) is 41.2 Å². The number of rotatable bonds is 5. The zero-order valence-electron chi connectivity index (χ0n) is 13.9. The van der Waals surface area contributed by atoms with Crippen molar-refractivity contribution in [2.45, 2.75) is 25.9 Å². The quantitative estimate of drug-likeness (QED) is 0.652. The number of carbonyl (C=O) groups excluding carboxylic acids is 2. The van der Waals surface area contributed by atoms with E-state index < -0.39 is 24.0 Å². The Morgan fingerprint density at radius 2 is 1.96 bits per heavy atom. The predicted octanol–water partition coefficient (Wildman–Crippen LogP) is 1.64. The molecule has 0 bridgehead atoms. The second kappa shape index (κ2) is 6.84. The molecule has 2 atom stereocenters. The van der Waals surface area contributed by atoms with Crippen molar-refractivity contribution in [3.63, 3.8) is 0 Å². The Morgan fingerprint density at radius 1 is 1.24 bits per heavy atom. The molecule has 1 aromatic carbocycles. The molecule has 3 rings (SSSR count). The summed E-state index contributed by atoms with van der Waals surface area (Å²) in [5.74, 6) is -2.45. The number of benzene rings is 1. The van der Waals surface area contributed by atoms with Gasteiger partial charge in [0, 0.05) is 17.1 Å². The summed E-state index contributed by atoms with van der Waals surface area (Å²) in [5, 5.41) is 13.0. The summed E-state index contributed by atoms with van der Waals surface area (Å²) < 4.78 is 9.96. The summed E-state index contributed by atoms with van der Waals surface area (Å²) in [6, 6.07) is 7.37. The van der Waals surface area contributed by atoms with Crippen molar-refractivity contribution in [2.24, 2.45) is 0 Å². The van der Waals surface area contributed by atoms with Gasteiger partial charge in [0.25, 0.3) is 0 Å². The van der Waals surface area contributed by atoms with Crippen LogP contribution in [0.1, 0.15) is 25.3 Å². The number of hydrogen-bond donors (Lipinski definition) is 1. The van der Waals surface area contributed by atoms with E-state index in [1.54, 1.807) is 20.0 Å². The Kier molecular flexibility index (Phi) is 4.60. The number of aromatic amines is 1. The molecule has 8 heteroatoms. The monoisotopic (exact) mass is 346 g/mol. The van der Waals surface area contributed by atoms with Gasteiger partial charge in [0.1, 0.15) is 5.92 Å². The number of aromatic nitrogens is 1. The average Bonchev–Trinajstić information content (AvgIpc) is 3.16. The second-order valence-electron chi connectivity index (χ2n) is 5.41. The van der Waals surface area contributed by atoms with Crippen LogP contribution in [0, 0.1) is 5.21 Å². The highest BCUT2D eigenvalue weighted by Crippen LogP contribution is 2.34. The van der Waals surface area contributed by atoms with Gasteiger partial charge in [-0.1, -0.05) is 18.2 Å². The standard InChI is InChI=1S/C17H18N2O6/c1-3-23-16(20)14-13(15(25-19(14)22)17(21)24-4-2)11-9-18-12-8-6-5-7-10(11)12/h5-9,13,15,18H,3-4H2,1-2H3/t13-,15+/m0/s1. The lowest BCUT2D eigenvalue weighted by molar-refractivity contribution is -0.736. The second-order valence-corrected chi connectivity index (χ2v) is 5.41. The summed E-state index contributed by atoms with van der Waals surface area (Å²) in [6.45, 7) is 3.51. The number of fused-ring (bicyclic) bond motifs is 1. The third-order valence-corrected chi connectivity index (χ3v) is 3.96. The van der Waals surface area contributed by atoms with E-state index in [0.29, 0.717) is 5.56 Å². The van der Waals surface area contributed by atoms with Crippen molar-refractivity contribution in [1.82, 2.24) is 4.98 Å². The number of carbonyl (C=O) groups is 2. The summed E-state index contributed by atoms with van der Waals surface area (Å²) in [4.78, 5) is 32.8. The highest BCUT2D eigenvalue weighted by molar-refractivity contribution is 6.37. The van der Waals surface area contributed by atoms with E-state index >= 15 is 0 Å². The van der Waals surface area contributed by atoms with E-state index in [1.165, 1.54) is 0 Å². The molecule has 2 heterocycles. The maximum Gasteiger partial charge on any atom is 0.405 e. The fourth-order valence-electron chi connectivity index (χ4n) is 2.95. The molecule has 1 N–H and O–H groups in total. The number of H-pyrrole nitrogens is 1. The molecule has 1 aliphatic heterocycles. The smallest absolute Gasteiger partial charge is 0.405 e. The van der Waals surface area contributed by atoms with Gasteiger partial charge >= 0.3 is 17.7 Å². The van der Waals surface area contributed by atoms with Crippen LogP contribution in [0.3, 0.4) is 0 Å². The van der Waals surface area contributed by atoms with Crippen LogP contribution in [-0.4, -0.2) is 46.9 Å². The highest BCUT2D eigenvalue weighted by Gasteiger charge is 2.51. The molecule has 1 aromatic heterocycles. The topological polar surface area (TPSA) is 104 Å². The van der Waals surface area contributed by atoms with E-state index in [2.05, 4.69) is 4.98 Å². The predicted molar refractivity (Wildman–Crippen MR) is 87.8 cm³/mol. The third-order valence-electron chi connectivity index (χ3n) is 3.96. The van der Waals surface area contributed by atoms with Crippen LogP contribution in [0.5, 0.6) is 0 Å². The van der Waals surface area contributed by atoms with Crippen LogP contribution in [-0.2, 0) is 23.9 Å². The minimum atomic E-state index is -1.25. The number of esters is 2.